The summed E-state index contributed by atoms with van der Waals surface area (Å²) in [7, 11) is 1.83. The predicted molar refractivity (Wildman–Crippen MR) is 78.5 cm³/mol. The third-order valence-electron chi connectivity index (χ3n) is 2.96. The van der Waals surface area contributed by atoms with Crippen LogP contribution >= 0.6 is 11.8 Å². The van der Waals surface area contributed by atoms with Crippen molar-refractivity contribution in [1.82, 2.24) is 30.5 Å². The zero-order valence-corrected chi connectivity index (χ0v) is 12.9. The number of nitrogens with one attached hydrogen (secondary N) is 1. The molecule has 0 aromatic carbocycles. The second kappa shape index (κ2) is 7.35. The van der Waals surface area contributed by atoms with Gasteiger partial charge in [-0.25, -0.2) is 4.68 Å². The lowest BCUT2D eigenvalue weighted by Crippen LogP contribution is -2.22. The van der Waals surface area contributed by atoms with Crippen molar-refractivity contribution in [2.24, 2.45) is 7.05 Å². The molecule has 0 fully saturated rings. The van der Waals surface area contributed by atoms with E-state index in [1.165, 1.54) is 11.8 Å². The standard InChI is InChI=1S/C13H20N6S/c1-4-8-14-11(5-2)12-7-6-10(9-15-12)20-13-16-17-18-19(13)3/h6-7,9,11,14H,4-5,8H2,1-3H3. The largest absolute Gasteiger partial charge is 0.309 e. The normalized spacial score (nSPS) is 12.6. The monoisotopic (exact) mass is 292 g/mol. The zero-order valence-electron chi connectivity index (χ0n) is 12.1. The smallest absolute Gasteiger partial charge is 0.213 e. The Morgan fingerprint density at radius 2 is 2.20 bits per heavy atom. The topological polar surface area (TPSA) is 68.5 Å². The molecule has 20 heavy (non-hydrogen) atoms. The number of tetrazole rings is 1. The van der Waals surface area contributed by atoms with Crippen molar-refractivity contribution < 1.29 is 0 Å². The van der Waals surface area contributed by atoms with Crippen LogP contribution in [0.3, 0.4) is 0 Å². The summed E-state index contributed by atoms with van der Waals surface area (Å²) in [6, 6.07) is 4.46. The molecule has 7 heteroatoms. The maximum atomic E-state index is 4.55. The van der Waals surface area contributed by atoms with Crippen LogP contribution in [-0.4, -0.2) is 31.7 Å². The Hall–Kier alpha value is -1.47. The number of aryl methyl sites for hydroxylation is 1. The third-order valence-corrected chi connectivity index (χ3v) is 3.96. The molecule has 2 aromatic heterocycles. The molecule has 2 heterocycles. The summed E-state index contributed by atoms with van der Waals surface area (Å²) in [5.41, 5.74) is 1.08. The highest BCUT2D eigenvalue weighted by Gasteiger charge is 2.10. The lowest BCUT2D eigenvalue weighted by Gasteiger charge is -2.16. The molecule has 1 atom stereocenters. The lowest BCUT2D eigenvalue weighted by molar-refractivity contribution is 0.507. The molecule has 0 aliphatic heterocycles. The molecule has 0 saturated heterocycles. The first-order valence-electron chi connectivity index (χ1n) is 6.84. The van der Waals surface area contributed by atoms with E-state index in [9.17, 15) is 0 Å². The molecular formula is C13H20N6S. The van der Waals surface area contributed by atoms with Crippen LogP contribution in [0.5, 0.6) is 0 Å². The van der Waals surface area contributed by atoms with Crippen LogP contribution < -0.4 is 5.32 Å². The van der Waals surface area contributed by atoms with Crippen LogP contribution in [0.25, 0.3) is 0 Å². The predicted octanol–water partition coefficient (Wildman–Crippen LogP) is 2.21. The summed E-state index contributed by atoms with van der Waals surface area (Å²) in [6.45, 7) is 5.35. The van der Waals surface area contributed by atoms with Gasteiger partial charge in [-0.15, -0.1) is 5.10 Å². The number of nitrogens with zero attached hydrogens (tertiary/aromatic N) is 5. The van der Waals surface area contributed by atoms with E-state index in [1.807, 2.05) is 13.2 Å². The lowest BCUT2D eigenvalue weighted by atomic mass is 10.1. The molecule has 0 radical (unpaired) electrons. The van der Waals surface area contributed by atoms with E-state index in [4.69, 9.17) is 0 Å². The summed E-state index contributed by atoms with van der Waals surface area (Å²) >= 11 is 1.51. The molecule has 6 nitrogen and oxygen atoms in total. The van der Waals surface area contributed by atoms with Crippen LogP contribution in [0, 0.1) is 0 Å². The molecule has 0 aliphatic rings. The minimum atomic E-state index is 0.325. The van der Waals surface area contributed by atoms with Gasteiger partial charge in [0.25, 0.3) is 0 Å². The summed E-state index contributed by atoms with van der Waals surface area (Å²) in [6.07, 6.45) is 4.04. The van der Waals surface area contributed by atoms with Gasteiger partial charge in [0.05, 0.1) is 5.69 Å². The molecule has 2 aromatic rings. The minimum absolute atomic E-state index is 0.325. The van der Waals surface area contributed by atoms with E-state index >= 15 is 0 Å². The van der Waals surface area contributed by atoms with Gasteiger partial charge in [0.1, 0.15) is 0 Å². The van der Waals surface area contributed by atoms with Crippen LogP contribution in [0.2, 0.25) is 0 Å². The summed E-state index contributed by atoms with van der Waals surface area (Å²) in [5.74, 6) is 0. The van der Waals surface area contributed by atoms with Crippen LogP contribution in [0.15, 0.2) is 28.4 Å². The molecule has 0 amide bonds. The van der Waals surface area contributed by atoms with Gasteiger partial charge >= 0.3 is 0 Å². The van der Waals surface area contributed by atoms with Crippen LogP contribution in [0.4, 0.5) is 0 Å². The second-order valence-electron chi connectivity index (χ2n) is 4.52. The fourth-order valence-electron chi connectivity index (χ4n) is 1.85. The van der Waals surface area contributed by atoms with Gasteiger partial charge in [-0.1, -0.05) is 13.8 Å². The van der Waals surface area contributed by atoms with Crippen molar-refractivity contribution in [3.63, 3.8) is 0 Å². The fourth-order valence-corrected chi connectivity index (χ4v) is 2.55. The molecule has 0 aliphatic carbocycles. The van der Waals surface area contributed by atoms with Crippen molar-refractivity contribution in [2.45, 2.75) is 42.8 Å². The molecule has 108 valence electrons. The maximum Gasteiger partial charge on any atom is 0.213 e. The molecule has 1 N–H and O–H groups in total. The number of hydrogen-bond donors (Lipinski definition) is 1. The molecule has 2 rings (SSSR count). The van der Waals surface area contributed by atoms with Crippen molar-refractivity contribution >= 4 is 11.8 Å². The first-order chi connectivity index (χ1) is 9.74. The third kappa shape index (κ3) is 3.77. The van der Waals surface area contributed by atoms with E-state index in [0.29, 0.717) is 6.04 Å². The van der Waals surface area contributed by atoms with E-state index in [0.717, 1.165) is 35.1 Å². The van der Waals surface area contributed by atoms with Gasteiger partial charge in [0, 0.05) is 24.2 Å². The Balaban J connectivity index is 2.03. The number of aromatic nitrogens is 5. The average Bonchev–Trinajstić information content (AvgIpc) is 2.87. The van der Waals surface area contributed by atoms with Gasteiger partial charge in [0.2, 0.25) is 5.16 Å². The first kappa shape index (κ1) is 14.9. The van der Waals surface area contributed by atoms with Gasteiger partial charge in [-0.3, -0.25) is 4.98 Å². The van der Waals surface area contributed by atoms with Crippen LogP contribution in [0.1, 0.15) is 38.4 Å². The second-order valence-corrected chi connectivity index (χ2v) is 5.56. The maximum absolute atomic E-state index is 4.55. The summed E-state index contributed by atoms with van der Waals surface area (Å²) < 4.78 is 1.65. The van der Waals surface area contributed by atoms with Gasteiger partial charge in [-0.2, -0.15) is 0 Å². The van der Waals surface area contributed by atoms with Crippen LogP contribution in [-0.2, 0) is 7.05 Å². The van der Waals surface area contributed by atoms with Crippen molar-refractivity contribution in [3.05, 3.63) is 24.0 Å². The van der Waals surface area contributed by atoms with Crippen molar-refractivity contribution in [2.75, 3.05) is 6.54 Å². The van der Waals surface area contributed by atoms with E-state index < -0.39 is 0 Å². The zero-order chi connectivity index (χ0) is 14.4. The highest BCUT2D eigenvalue weighted by molar-refractivity contribution is 7.99. The number of hydrogen-bond acceptors (Lipinski definition) is 6. The Labute approximate surface area is 123 Å². The van der Waals surface area contributed by atoms with Gasteiger partial charge < -0.3 is 5.32 Å². The average molecular weight is 292 g/mol. The highest BCUT2D eigenvalue weighted by atomic mass is 32.2. The number of rotatable bonds is 7. The molecule has 0 spiro atoms. The SMILES string of the molecule is CCCNC(CC)c1ccc(Sc2nnnn2C)cn1. The Kier molecular flexibility index (Phi) is 5.49. The molecule has 1 unspecified atom stereocenters. The fraction of sp³-hybridized carbons (Fsp3) is 0.538. The minimum Gasteiger partial charge on any atom is -0.309 e. The Morgan fingerprint density at radius 3 is 2.75 bits per heavy atom. The Bertz CT molecular complexity index is 524. The highest BCUT2D eigenvalue weighted by Crippen LogP contribution is 2.25. The Morgan fingerprint density at radius 1 is 1.35 bits per heavy atom. The summed E-state index contributed by atoms with van der Waals surface area (Å²) in [5, 5.41) is 15.6. The van der Waals surface area contributed by atoms with E-state index in [-0.39, 0.29) is 0 Å². The van der Waals surface area contributed by atoms with Gasteiger partial charge in [0.15, 0.2) is 0 Å². The van der Waals surface area contributed by atoms with E-state index in [2.05, 4.69) is 51.8 Å². The van der Waals surface area contributed by atoms with Gasteiger partial charge in [-0.05, 0) is 53.7 Å². The van der Waals surface area contributed by atoms with Crippen molar-refractivity contribution in [3.8, 4) is 0 Å². The first-order valence-corrected chi connectivity index (χ1v) is 7.65. The molecule has 0 bridgehead atoms. The van der Waals surface area contributed by atoms with E-state index in [1.54, 1.807) is 4.68 Å². The quantitative estimate of drug-likeness (QED) is 0.844. The molecular weight excluding hydrogens is 272 g/mol. The number of pyridine rings is 1. The summed E-state index contributed by atoms with van der Waals surface area (Å²) in [4.78, 5) is 5.59. The van der Waals surface area contributed by atoms with Crippen molar-refractivity contribution in [1.29, 1.82) is 0 Å². The molecule has 0 saturated carbocycles.